The van der Waals surface area contributed by atoms with E-state index in [4.69, 9.17) is 0 Å². The van der Waals surface area contributed by atoms with E-state index in [1.165, 1.54) is 0 Å². The van der Waals surface area contributed by atoms with Crippen LogP contribution in [0.15, 0.2) is 54.6 Å². The summed E-state index contributed by atoms with van der Waals surface area (Å²) in [5.41, 5.74) is 3.43. The van der Waals surface area contributed by atoms with Gasteiger partial charge in [-0.05, 0) is 11.6 Å². The Bertz CT molecular complexity index is 869. The molecule has 1 aromatic heterocycles. The van der Waals surface area contributed by atoms with Gasteiger partial charge in [0.15, 0.2) is 6.54 Å². The second-order valence-corrected chi connectivity index (χ2v) is 5.58. The first-order chi connectivity index (χ1) is 11.7. The number of rotatable bonds is 6. The normalized spacial score (nSPS) is 10.7. The van der Waals surface area contributed by atoms with Crippen LogP contribution < -0.4 is 10.6 Å². The van der Waals surface area contributed by atoms with Gasteiger partial charge in [-0.15, -0.1) is 0 Å². The minimum absolute atomic E-state index is 0.00945. The van der Waals surface area contributed by atoms with Gasteiger partial charge in [-0.3, -0.25) is 9.59 Å². The van der Waals surface area contributed by atoms with Gasteiger partial charge in [0.25, 0.3) is 5.91 Å². The number of aromatic nitrogens is 1. The lowest BCUT2D eigenvalue weighted by atomic mass is 10.0. The largest absolute Gasteiger partial charge is 0.354 e. The van der Waals surface area contributed by atoms with Crippen LogP contribution in [-0.4, -0.2) is 36.8 Å². The molecule has 0 saturated carbocycles. The molecule has 0 saturated heterocycles. The summed E-state index contributed by atoms with van der Waals surface area (Å²) >= 11 is 0. The van der Waals surface area contributed by atoms with Crippen LogP contribution >= 0.6 is 0 Å². The highest BCUT2D eigenvalue weighted by Crippen LogP contribution is 2.30. The Labute approximate surface area is 140 Å². The van der Waals surface area contributed by atoms with Gasteiger partial charge in [-0.2, -0.15) is 0 Å². The Morgan fingerprint density at radius 2 is 1.71 bits per heavy atom. The molecule has 0 radical (unpaired) electrons. The van der Waals surface area contributed by atoms with Crippen molar-refractivity contribution >= 4 is 22.6 Å². The molecule has 0 aliphatic heterocycles. The van der Waals surface area contributed by atoms with Crippen molar-refractivity contribution in [1.82, 2.24) is 10.3 Å². The number of carbonyl (C=O) groups excluding carboxylic acids is 2. The molecule has 5 heteroatoms. The van der Waals surface area contributed by atoms with E-state index in [0.717, 1.165) is 22.2 Å². The number of nitrogens with one attached hydrogen (secondary N) is 2. The summed E-state index contributed by atoms with van der Waals surface area (Å²) < 4.78 is 0. The number of quaternary nitrogens is 1. The number of para-hydroxylation sites is 1. The van der Waals surface area contributed by atoms with Crippen molar-refractivity contribution < 1.29 is 14.9 Å². The molecular formula is C19H20N3O2+. The maximum atomic E-state index is 12.8. The lowest BCUT2D eigenvalue weighted by Gasteiger charge is -2.04. The van der Waals surface area contributed by atoms with E-state index in [9.17, 15) is 9.59 Å². The predicted octanol–water partition coefficient (Wildman–Crippen LogP) is 1.33. The fraction of sp³-hybridized carbons (Fsp3) is 0.158. The highest BCUT2D eigenvalue weighted by molar-refractivity contribution is 6.13. The van der Waals surface area contributed by atoms with Crippen molar-refractivity contribution in [2.75, 3.05) is 20.1 Å². The number of H-pyrrole nitrogens is 1. The second kappa shape index (κ2) is 7.10. The van der Waals surface area contributed by atoms with Gasteiger partial charge in [-0.25, -0.2) is 0 Å². The van der Waals surface area contributed by atoms with Crippen LogP contribution in [0.4, 0.5) is 0 Å². The predicted molar refractivity (Wildman–Crippen MR) is 93.8 cm³/mol. The van der Waals surface area contributed by atoms with Crippen molar-refractivity contribution in [3.05, 3.63) is 60.2 Å². The van der Waals surface area contributed by atoms with Crippen LogP contribution in [-0.2, 0) is 4.79 Å². The number of Topliss-reactive ketones (excluding diaryl/α,β-unsaturated/α-hetero) is 1. The molecule has 0 atom stereocenters. The molecule has 0 unspecified atom stereocenters. The van der Waals surface area contributed by atoms with Crippen molar-refractivity contribution in [1.29, 1.82) is 0 Å². The van der Waals surface area contributed by atoms with Crippen LogP contribution in [0.2, 0.25) is 0 Å². The molecule has 0 aliphatic carbocycles. The number of fused-ring (bicyclic) bond motifs is 1. The molecule has 5 nitrogen and oxygen atoms in total. The van der Waals surface area contributed by atoms with Crippen LogP contribution in [0.1, 0.15) is 10.4 Å². The highest BCUT2D eigenvalue weighted by atomic mass is 16.2. The number of benzene rings is 2. The van der Waals surface area contributed by atoms with Gasteiger partial charge in [0.2, 0.25) is 5.78 Å². The Morgan fingerprint density at radius 3 is 2.46 bits per heavy atom. The quantitative estimate of drug-likeness (QED) is 0.599. The number of nitrogens with two attached hydrogens (primary N) is 1. The maximum absolute atomic E-state index is 12.8. The van der Waals surface area contributed by atoms with Crippen LogP contribution in [0.5, 0.6) is 0 Å². The zero-order valence-corrected chi connectivity index (χ0v) is 13.5. The number of hydrogen-bond donors (Lipinski definition) is 3. The van der Waals surface area contributed by atoms with E-state index < -0.39 is 0 Å². The molecule has 3 rings (SSSR count). The van der Waals surface area contributed by atoms with Gasteiger partial charge in [0.1, 0.15) is 6.54 Å². The Kier molecular flexibility index (Phi) is 4.72. The van der Waals surface area contributed by atoms with E-state index in [2.05, 4.69) is 10.3 Å². The summed E-state index contributed by atoms with van der Waals surface area (Å²) in [6, 6.07) is 17.6. The monoisotopic (exact) mass is 322 g/mol. The fourth-order valence-corrected chi connectivity index (χ4v) is 2.79. The van der Waals surface area contributed by atoms with Crippen molar-refractivity contribution in [3.63, 3.8) is 0 Å². The standard InChI is InChI=1S/C19H19N3O2/c1-20-17(24)12-21-11-16(23)18-14-9-5-6-10-15(14)22-19(18)13-7-3-2-4-8-13/h2-10,21-22H,11-12H2,1H3,(H,20,24)/p+1. The summed E-state index contributed by atoms with van der Waals surface area (Å²) in [6.07, 6.45) is 0. The molecule has 0 fully saturated rings. The first-order valence-corrected chi connectivity index (χ1v) is 7.92. The number of aromatic amines is 1. The van der Waals surface area contributed by atoms with Gasteiger partial charge < -0.3 is 15.6 Å². The minimum Gasteiger partial charge on any atom is -0.354 e. The molecular weight excluding hydrogens is 302 g/mol. The zero-order valence-electron chi connectivity index (χ0n) is 13.5. The van der Waals surface area contributed by atoms with Gasteiger partial charge in [-0.1, -0.05) is 48.5 Å². The molecule has 3 aromatic rings. The summed E-state index contributed by atoms with van der Waals surface area (Å²) in [4.78, 5) is 27.5. The second-order valence-electron chi connectivity index (χ2n) is 5.58. The zero-order chi connectivity index (χ0) is 16.9. The lowest BCUT2D eigenvalue weighted by Crippen LogP contribution is -2.88. The summed E-state index contributed by atoms with van der Waals surface area (Å²) in [5.74, 6) is -0.0831. The summed E-state index contributed by atoms with van der Waals surface area (Å²) in [5, 5.41) is 5.18. The summed E-state index contributed by atoms with van der Waals surface area (Å²) in [7, 11) is 1.59. The molecule has 0 spiro atoms. The van der Waals surface area contributed by atoms with E-state index in [0.29, 0.717) is 5.56 Å². The van der Waals surface area contributed by atoms with Gasteiger partial charge in [0.05, 0.1) is 11.3 Å². The molecule has 0 aliphatic rings. The third kappa shape index (κ3) is 3.21. The third-order valence-electron chi connectivity index (χ3n) is 3.99. The first-order valence-electron chi connectivity index (χ1n) is 7.92. The van der Waals surface area contributed by atoms with Crippen molar-refractivity contribution in [2.45, 2.75) is 0 Å². The van der Waals surface area contributed by atoms with Gasteiger partial charge in [0, 0.05) is 18.0 Å². The maximum Gasteiger partial charge on any atom is 0.274 e. The SMILES string of the molecule is CNC(=O)C[NH2+]CC(=O)c1c(-c2ccccc2)[nH]c2ccccc12. The molecule has 1 heterocycles. The number of ketones is 1. The third-order valence-corrected chi connectivity index (χ3v) is 3.99. The molecule has 0 bridgehead atoms. The van der Waals surface area contributed by atoms with Crippen molar-refractivity contribution in [2.24, 2.45) is 0 Å². The average molecular weight is 322 g/mol. The Hall–Kier alpha value is -2.92. The van der Waals surface area contributed by atoms with E-state index in [1.807, 2.05) is 54.6 Å². The Morgan fingerprint density at radius 1 is 1.00 bits per heavy atom. The molecule has 24 heavy (non-hydrogen) atoms. The average Bonchev–Trinajstić information content (AvgIpc) is 3.01. The molecule has 1 amide bonds. The smallest absolute Gasteiger partial charge is 0.274 e. The van der Waals surface area contributed by atoms with Crippen LogP contribution in [0.25, 0.3) is 22.2 Å². The lowest BCUT2D eigenvalue weighted by molar-refractivity contribution is -0.631. The number of likely N-dealkylation sites (N-methyl/N-ethyl adjacent to an activating group) is 1. The number of carbonyl (C=O) groups is 2. The van der Waals surface area contributed by atoms with Crippen LogP contribution in [0.3, 0.4) is 0 Å². The van der Waals surface area contributed by atoms with Gasteiger partial charge >= 0.3 is 0 Å². The molecule has 2 aromatic carbocycles. The first kappa shape index (κ1) is 16.0. The minimum atomic E-state index is -0.0926. The summed E-state index contributed by atoms with van der Waals surface area (Å²) in [6.45, 7) is 0.473. The van der Waals surface area contributed by atoms with E-state index in [1.54, 1.807) is 12.4 Å². The van der Waals surface area contributed by atoms with Crippen molar-refractivity contribution in [3.8, 4) is 11.3 Å². The number of hydrogen-bond acceptors (Lipinski definition) is 2. The number of amides is 1. The van der Waals surface area contributed by atoms with Crippen LogP contribution in [0, 0.1) is 0 Å². The Balaban J connectivity index is 1.96. The highest BCUT2D eigenvalue weighted by Gasteiger charge is 2.20. The molecule has 122 valence electrons. The van der Waals surface area contributed by atoms with E-state index >= 15 is 0 Å². The topological polar surface area (TPSA) is 78.6 Å². The molecule has 4 N–H and O–H groups in total. The van der Waals surface area contributed by atoms with E-state index in [-0.39, 0.29) is 24.8 Å². The fourth-order valence-electron chi connectivity index (χ4n) is 2.79.